The van der Waals surface area contributed by atoms with Crippen LogP contribution in [0.15, 0.2) is 36.4 Å². The summed E-state index contributed by atoms with van der Waals surface area (Å²) in [5.74, 6) is 0. The van der Waals surface area contributed by atoms with Gasteiger partial charge in [0.1, 0.15) is 0 Å². The number of aromatic nitrogens is 3. The molecule has 0 radical (unpaired) electrons. The minimum Gasteiger partial charge on any atom is -0.354 e. The lowest BCUT2D eigenvalue weighted by Gasteiger charge is -2.03. The van der Waals surface area contributed by atoms with Gasteiger partial charge in [-0.25, -0.2) is 0 Å². The van der Waals surface area contributed by atoms with Gasteiger partial charge in [0, 0.05) is 48.9 Å². The molecular formula is C24H21N3P6. The number of fused-ring (bicyclic) bond motifs is 12. The van der Waals surface area contributed by atoms with Crippen LogP contribution in [0.5, 0.6) is 0 Å². The molecule has 9 heteroatoms. The maximum absolute atomic E-state index is 3.78. The summed E-state index contributed by atoms with van der Waals surface area (Å²) in [6.45, 7) is 0. The predicted molar refractivity (Wildman–Crippen MR) is 171 cm³/mol. The SMILES string of the molecule is Pc1cc2[nH]c3c(c2cc1P)c1[nH]c2cc(P)c(P)cc2c1c1[nH]c2cc(P)c(P)cc2c31. The van der Waals surface area contributed by atoms with E-state index in [9.17, 15) is 0 Å². The molecule has 0 aliphatic carbocycles. The molecule has 3 nitrogen and oxygen atoms in total. The van der Waals surface area contributed by atoms with Gasteiger partial charge in [0.2, 0.25) is 0 Å². The molecule has 3 N–H and O–H groups in total. The summed E-state index contributed by atoms with van der Waals surface area (Å²) in [4.78, 5) is 11.3. The first-order valence-electron chi connectivity index (χ1n) is 10.4. The molecule has 0 fully saturated rings. The van der Waals surface area contributed by atoms with Crippen molar-refractivity contribution in [2.24, 2.45) is 0 Å². The summed E-state index contributed by atoms with van der Waals surface area (Å²) in [5.41, 5.74) is 6.95. The number of nitrogens with one attached hydrogen (secondary N) is 3. The van der Waals surface area contributed by atoms with Gasteiger partial charge in [0.25, 0.3) is 0 Å². The molecule has 162 valence electrons. The van der Waals surface area contributed by atoms with Gasteiger partial charge >= 0.3 is 0 Å². The molecule has 7 rings (SSSR count). The van der Waals surface area contributed by atoms with Crippen LogP contribution in [0.1, 0.15) is 0 Å². The Kier molecular flexibility index (Phi) is 4.61. The number of rotatable bonds is 0. The molecule has 7 aromatic rings. The molecule has 4 aromatic carbocycles. The molecule has 0 amide bonds. The standard InChI is InChI=1S/C24H21N3P6/c28-13-1-7-10(4-16(13)31)25-22-19(7)23-21(8-2-14(29)17(32)5-11(8)26-23)24-20(22)9-3-15(30)18(33)6-12(9)27-24/h1-6,25-27H,28-33H2. The Morgan fingerprint density at radius 3 is 0.879 bits per heavy atom. The van der Waals surface area contributed by atoms with Gasteiger partial charge in [0.15, 0.2) is 0 Å². The van der Waals surface area contributed by atoms with E-state index in [-0.39, 0.29) is 0 Å². The number of hydrogen-bond donors (Lipinski definition) is 3. The van der Waals surface area contributed by atoms with Crippen LogP contribution in [0, 0.1) is 0 Å². The summed E-state index contributed by atoms with van der Waals surface area (Å²) >= 11 is 0. The number of hydrogen-bond acceptors (Lipinski definition) is 0. The lowest BCUT2D eigenvalue weighted by Crippen LogP contribution is -2.09. The zero-order valence-corrected chi connectivity index (χ0v) is 24.4. The molecule has 6 atom stereocenters. The van der Waals surface area contributed by atoms with Gasteiger partial charge in [-0.05, 0) is 68.2 Å². The van der Waals surface area contributed by atoms with E-state index in [1.54, 1.807) is 0 Å². The highest BCUT2D eigenvalue weighted by Crippen LogP contribution is 2.43. The molecule has 0 bridgehead atoms. The summed E-state index contributed by atoms with van der Waals surface area (Å²) in [6.07, 6.45) is 0. The fourth-order valence-corrected chi connectivity index (χ4v) is 6.67. The second-order valence-corrected chi connectivity index (χ2v) is 12.4. The van der Waals surface area contributed by atoms with E-state index in [1.165, 1.54) is 80.7 Å². The summed E-state index contributed by atoms with van der Waals surface area (Å²) in [7, 11) is 17.2. The average molecular weight is 537 g/mol. The van der Waals surface area contributed by atoms with Gasteiger partial charge in [-0.1, -0.05) is 0 Å². The van der Waals surface area contributed by atoms with Gasteiger partial charge in [0.05, 0.1) is 16.6 Å². The maximum Gasteiger partial charge on any atom is 0.0588 e. The van der Waals surface area contributed by atoms with E-state index in [2.05, 4.69) is 107 Å². The van der Waals surface area contributed by atoms with Crippen LogP contribution in [0.25, 0.3) is 65.4 Å². The van der Waals surface area contributed by atoms with Gasteiger partial charge in [-0.15, -0.1) is 55.4 Å². The van der Waals surface area contributed by atoms with E-state index in [0.717, 1.165) is 16.6 Å². The van der Waals surface area contributed by atoms with Crippen molar-refractivity contribution >= 4 is 153 Å². The third-order valence-corrected chi connectivity index (χ3v) is 10.8. The molecule has 0 saturated heterocycles. The first-order chi connectivity index (χ1) is 15.8. The van der Waals surface area contributed by atoms with E-state index >= 15 is 0 Å². The molecule has 0 aliphatic rings. The molecule has 0 saturated carbocycles. The Morgan fingerprint density at radius 2 is 0.606 bits per heavy atom. The Labute approximate surface area is 203 Å². The molecular weight excluding hydrogens is 516 g/mol. The van der Waals surface area contributed by atoms with Crippen LogP contribution in [0.4, 0.5) is 0 Å². The third kappa shape index (κ3) is 2.86. The van der Waals surface area contributed by atoms with E-state index in [4.69, 9.17) is 0 Å². The Bertz CT molecular complexity index is 1730. The minimum absolute atomic E-state index is 1.15. The van der Waals surface area contributed by atoms with Crippen molar-refractivity contribution in [3.63, 3.8) is 0 Å². The molecule has 3 aromatic heterocycles. The van der Waals surface area contributed by atoms with E-state index in [0.29, 0.717) is 0 Å². The molecule has 33 heavy (non-hydrogen) atoms. The molecule has 0 aliphatic heterocycles. The quantitative estimate of drug-likeness (QED) is 0.248. The Hall–Kier alpha value is -1.14. The average Bonchev–Trinajstić information content (AvgIpc) is 3.41. The summed E-state index contributed by atoms with van der Waals surface area (Å²) < 4.78 is 0. The van der Waals surface area contributed by atoms with Crippen molar-refractivity contribution in [3.05, 3.63) is 36.4 Å². The van der Waals surface area contributed by atoms with Crippen LogP contribution in [-0.4, -0.2) is 15.0 Å². The highest BCUT2D eigenvalue weighted by Gasteiger charge is 2.21. The van der Waals surface area contributed by atoms with Crippen molar-refractivity contribution in [3.8, 4) is 0 Å². The topological polar surface area (TPSA) is 47.4 Å². The van der Waals surface area contributed by atoms with Crippen molar-refractivity contribution in [2.45, 2.75) is 0 Å². The number of aromatic amines is 3. The first-order valence-corrected chi connectivity index (χ1v) is 13.9. The normalized spacial score (nSPS) is 12.5. The second-order valence-electron chi connectivity index (χ2n) is 8.71. The number of benzene rings is 4. The smallest absolute Gasteiger partial charge is 0.0588 e. The fraction of sp³-hybridized carbons (Fsp3) is 0. The Balaban J connectivity index is 1.87. The first kappa shape index (κ1) is 21.2. The summed E-state index contributed by atoms with van der Waals surface area (Å²) in [6, 6.07) is 13.5. The van der Waals surface area contributed by atoms with Crippen LogP contribution in [0.2, 0.25) is 0 Å². The molecule has 6 unspecified atom stereocenters. The van der Waals surface area contributed by atoms with Gasteiger partial charge < -0.3 is 15.0 Å². The second kappa shape index (κ2) is 7.19. The third-order valence-electron chi connectivity index (χ3n) is 6.76. The van der Waals surface area contributed by atoms with Crippen molar-refractivity contribution in [1.82, 2.24) is 15.0 Å². The van der Waals surface area contributed by atoms with E-state index in [1.807, 2.05) is 0 Å². The lowest BCUT2D eigenvalue weighted by atomic mass is 10.0. The van der Waals surface area contributed by atoms with E-state index < -0.39 is 0 Å². The van der Waals surface area contributed by atoms with Crippen LogP contribution in [0.3, 0.4) is 0 Å². The van der Waals surface area contributed by atoms with Gasteiger partial charge in [-0.2, -0.15) is 0 Å². The highest BCUT2D eigenvalue weighted by molar-refractivity contribution is 7.36. The number of H-pyrrole nitrogens is 3. The maximum atomic E-state index is 3.78. The lowest BCUT2D eigenvalue weighted by molar-refractivity contribution is 1.55. The van der Waals surface area contributed by atoms with Crippen LogP contribution in [-0.2, 0) is 0 Å². The predicted octanol–water partition coefficient (Wildman–Crippen LogP) is 3.59. The van der Waals surface area contributed by atoms with Crippen molar-refractivity contribution in [1.29, 1.82) is 0 Å². The fourth-order valence-electron chi connectivity index (χ4n) is 5.17. The van der Waals surface area contributed by atoms with Crippen LogP contribution < -0.4 is 31.8 Å². The highest BCUT2D eigenvalue weighted by atomic mass is 31.0. The Morgan fingerprint density at radius 1 is 0.364 bits per heavy atom. The zero-order chi connectivity index (χ0) is 22.8. The largest absolute Gasteiger partial charge is 0.354 e. The van der Waals surface area contributed by atoms with Crippen LogP contribution >= 0.6 is 55.4 Å². The van der Waals surface area contributed by atoms with Gasteiger partial charge in [-0.3, -0.25) is 0 Å². The minimum atomic E-state index is 1.15. The zero-order valence-electron chi connectivity index (χ0n) is 17.4. The molecule has 3 heterocycles. The molecule has 0 spiro atoms. The van der Waals surface area contributed by atoms with Crippen molar-refractivity contribution in [2.75, 3.05) is 0 Å². The monoisotopic (exact) mass is 537 g/mol. The summed E-state index contributed by atoms with van der Waals surface area (Å²) in [5, 5.41) is 14.6. The van der Waals surface area contributed by atoms with Crippen molar-refractivity contribution < 1.29 is 0 Å².